The summed E-state index contributed by atoms with van der Waals surface area (Å²) in [4.78, 5) is 22.4. The summed E-state index contributed by atoms with van der Waals surface area (Å²) in [5.74, 6) is -0.257. The van der Waals surface area contributed by atoms with E-state index in [9.17, 15) is 9.59 Å². The molecule has 2 amide bonds. The number of phenols is 1. The number of imide groups is 1. The number of aromatic hydroxyl groups is 1. The molecule has 5 nitrogen and oxygen atoms in total. The molecule has 0 aromatic heterocycles. The van der Waals surface area contributed by atoms with Crippen LogP contribution < -0.4 is 10.6 Å². The van der Waals surface area contributed by atoms with Crippen molar-refractivity contribution in [2.75, 3.05) is 0 Å². The van der Waals surface area contributed by atoms with Crippen LogP contribution in [0.5, 0.6) is 5.75 Å². The highest BCUT2D eigenvalue weighted by Gasteiger charge is 2.25. The van der Waals surface area contributed by atoms with Gasteiger partial charge in [-0.1, -0.05) is 12.1 Å². The average molecular weight is 234 g/mol. The first kappa shape index (κ1) is 11.6. The van der Waals surface area contributed by atoms with Crippen molar-refractivity contribution in [3.05, 3.63) is 29.8 Å². The van der Waals surface area contributed by atoms with Crippen LogP contribution in [-0.4, -0.2) is 23.0 Å². The largest absolute Gasteiger partial charge is 0.508 e. The van der Waals surface area contributed by atoms with Gasteiger partial charge in [0, 0.05) is 13.0 Å². The number of carbonyl (C=O) groups excluding carboxylic acids is 2. The Hall–Kier alpha value is -1.88. The van der Waals surface area contributed by atoms with E-state index in [0.717, 1.165) is 5.56 Å². The molecular formula is C12H14N2O3. The maximum atomic E-state index is 11.4. The number of amides is 2. The third-order valence-electron chi connectivity index (χ3n) is 2.73. The van der Waals surface area contributed by atoms with Crippen LogP contribution >= 0.6 is 0 Å². The molecule has 0 aliphatic carbocycles. The molecule has 1 saturated heterocycles. The summed E-state index contributed by atoms with van der Waals surface area (Å²) in [6.45, 7) is 0.534. The zero-order valence-corrected chi connectivity index (χ0v) is 9.27. The van der Waals surface area contributed by atoms with Crippen LogP contribution in [0.4, 0.5) is 0 Å². The summed E-state index contributed by atoms with van der Waals surface area (Å²) in [7, 11) is 0. The van der Waals surface area contributed by atoms with E-state index in [2.05, 4.69) is 10.6 Å². The van der Waals surface area contributed by atoms with Crippen molar-refractivity contribution in [3.63, 3.8) is 0 Å². The van der Waals surface area contributed by atoms with Gasteiger partial charge in [0.1, 0.15) is 5.75 Å². The molecule has 0 saturated carbocycles. The SMILES string of the molecule is O=C1CCC(NCc2ccc(O)cc2)C(=O)N1. The number of piperidine rings is 1. The first-order valence-electron chi connectivity index (χ1n) is 5.50. The number of phenolic OH excluding ortho intramolecular Hbond substituents is 1. The number of rotatable bonds is 3. The molecule has 1 aromatic carbocycles. The minimum atomic E-state index is -0.318. The highest BCUT2D eigenvalue weighted by Crippen LogP contribution is 2.10. The molecule has 1 aliphatic heterocycles. The van der Waals surface area contributed by atoms with Crippen LogP contribution in [0.2, 0.25) is 0 Å². The summed E-state index contributed by atoms with van der Waals surface area (Å²) in [6, 6.07) is 6.45. The summed E-state index contributed by atoms with van der Waals surface area (Å²) in [5, 5.41) is 14.5. The number of hydrogen-bond acceptors (Lipinski definition) is 4. The first-order valence-corrected chi connectivity index (χ1v) is 5.50. The van der Waals surface area contributed by atoms with Gasteiger partial charge in [-0.2, -0.15) is 0 Å². The van der Waals surface area contributed by atoms with E-state index in [-0.39, 0.29) is 23.6 Å². The highest BCUT2D eigenvalue weighted by molar-refractivity contribution is 6.00. The van der Waals surface area contributed by atoms with Crippen LogP contribution in [0.25, 0.3) is 0 Å². The standard InChI is InChI=1S/C12H14N2O3/c15-9-3-1-8(2-4-9)7-13-10-5-6-11(16)14-12(10)17/h1-4,10,13,15H,5-7H2,(H,14,16,17). The van der Waals surface area contributed by atoms with Gasteiger partial charge in [-0.05, 0) is 24.1 Å². The minimum absolute atomic E-state index is 0.210. The fraction of sp³-hybridized carbons (Fsp3) is 0.333. The van der Waals surface area contributed by atoms with Crippen molar-refractivity contribution in [2.45, 2.75) is 25.4 Å². The van der Waals surface area contributed by atoms with E-state index in [0.29, 0.717) is 19.4 Å². The second-order valence-electron chi connectivity index (χ2n) is 4.05. The molecule has 1 atom stereocenters. The third-order valence-corrected chi connectivity index (χ3v) is 2.73. The van der Waals surface area contributed by atoms with Crippen molar-refractivity contribution >= 4 is 11.8 Å². The molecule has 90 valence electrons. The molecule has 0 bridgehead atoms. The minimum Gasteiger partial charge on any atom is -0.508 e. The van der Waals surface area contributed by atoms with Crippen molar-refractivity contribution in [1.29, 1.82) is 0 Å². The zero-order valence-electron chi connectivity index (χ0n) is 9.27. The van der Waals surface area contributed by atoms with Crippen LogP contribution in [0, 0.1) is 0 Å². The predicted molar refractivity (Wildman–Crippen MR) is 61.1 cm³/mol. The Morgan fingerprint density at radius 1 is 1.29 bits per heavy atom. The fourth-order valence-corrected chi connectivity index (χ4v) is 1.74. The van der Waals surface area contributed by atoms with Crippen LogP contribution in [0.15, 0.2) is 24.3 Å². The van der Waals surface area contributed by atoms with Crippen molar-refractivity contribution in [1.82, 2.24) is 10.6 Å². The predicted octanol–water partition coefficient (Wildman–Crippen LogP) is 0.287. The molecule has 1 aliphatic rings. The smallest absolute Gasteiger partial charge is 0.243 e. The zero-order chi connectivity index (χ0) is 12.3. The number of benzene rings is 1. The lowest BCUT2D eigenvalue weighted by molar-refractivity contribution is -0.134. The lowest BCUT2D eigenvalue weighted by Gasteiger charge is -2.21. The molecule has 0 spiro atoms. The summed E-state index contributed by atoms with van der Waals surface area (Å²) >= 11 is 0. The Morgan fingerprint density at radius 3 is 2.65 bits per heavy atom. The molecule has 0 radical (unpaired) electrons. The number of hydrogen-bond donors (Lipinski definition) is 3. The normalized spacial score (nSPS) is 20.1. The highest BCUT2D eigenvalue weighted by atomic mass is 16.3. The number of carbonyl (C=O) groups is 2. The third kappa shape index (κ3) is 3.04. The average Bonchev–Trinajstić information content (AvgIpc) is 2.30. The maximum Gasteiger partial charge on any atom is 0.243 e. The summed E-state index contributed by atoms with van der Waals surface area (Å²) in [6.07, 6.45) is 0.904. The van der Waals surface area contributed by atoms with Crippen LogP contribution in [0.3, 0.4) is 0 Å². The molecule has 2 rings (SSSR count). The Morgan fingerprint density at radius 2 is 2.00 bits per heavy atom. The van der Waals surface area contributed by atoms with Gasteiger partial charge in [-0.15, -0.1) is 0 Å². The summed E-state index contributed by atoms with van der Waals surface area (Å²) in [5.41, 5.74) is 0.979. The van der Waals surface area contributed by atoms with Gasteiger partial charge in [0.2, 0.25) is 11.8 Å². The van der Waals surface area contributed by atoms with Crippen molar-refractivity contribution in [2.24, 2.45) is 0 Å². The van der Waals surface area contributed by atoms with E-state index >= 15 is 0 Å². The Kier molecular flexibility index (Phi) is 3.39. The van der Waals surface area contributed by atoms with Gasteiger partial charge in [0.05, 0.1) is 6.04 Å². The van der Waals surface area contributed by atoms with Crippen LogP contribution in [0.1, 0.15) is 18.4 Å². The summed E-state index contributed by atoms with van der Waals surface area (Å²) < 4.78 is 0. The van der Waals surface area contributed by atoms with Gasteiger partial charge >= 0.3 is 0 Å². The molecule has 17 heavy (non-hydrogen) atoms. The van der Waals surface area contributed by atoms with Gasteiger partial charge in [0.25, 0.3) is 0 Å². The second kappa shape index (κ2) is 4.97. The second-order valence-corrected chi connectivity index (χ2v) is 4.05. The maximum absolute atomic E-state index is 11.4. The van der Waals surface area contributed by atoms with Gasteiger partial charge in [0.15, 0.2) is 0 Å². The fourth-order valence-electron chi connectivity index (χ4n) is 1.74. The number of nitrogens with one attached hydrogen (secondary N) is 2. The monoisotopic (exact) mass is 234 g/mol. The lowest BCUT2D eigenvalue weighted by Crippen LogP contribution is -2.50. The van der Waals surface area contributed by atoms with E-state index in [4.69, 9.17) is 5.11 Å². The molecule has 3 N–H and O–H groups in total. The Bertz CT molecular complexity index is 428. The Labute approximate surface area is 98.8 Å². The molecule has 1 aromatic rings. The van der Waals surface area contributed by atoms with Gasteiger partial charge in [-0.25, -0.2) is 0 Å². The topological polar surface area (TPSA) is 78.4 Å². The first-order chi connectivity index (χ1) is 8.15. The Balaban J connectivity index is 1.88. The van der Waals surface area contributed by atoms with E-state index in [1.807, 2.05) is 0 Å². The molecule has 1 fully saturated rings. The van der Waals surface area contributed by atoms with Crippen molar-refractivity contribution in [3.8, 4) is 5.75 Å². The van der Waals surface area contributed by atoms with Gasteiger partial charge < -0.3 is 10.4 Å². The van der Waals surface area contributed by atoms with Gasteiger partial charge in [-0.3, -0.25) is 14.9 Å². The molecule has 5 heteroatoms. The van der Waals surface area contributed by atoms with E-state index < -0.39 is 0 Å². The van der Waals surface area contributed by atoms with Crippen molar-refractivity contribution < 1.29 is 14.7 Å². The van der Waals surface area contributed by atoms with E-state index in [1.54, 1.807) is 24.3 Å². The molecule has 1 heterocycles. The molecule has 1 unspecified atom stereocenters. The molecular weight excluding hydrogens is 220 g/mol. The quantitative estimate of drug-likeness (QED) is 0.657. The lowest BCUT2D eigenvalue weighted by atomic mass is 10.1. The van der Waals surface area contributed by atoms with Crippen LogP contribution in [-0.2, 0) is 16.1 Å². The van der Waals surface area contributed by atoms with E-state index in [1.165, 1.54) is 0 Å².